The van der Waals surface area contributed by atoms with E-state index in [-0.39, 0.29) is 6.04 Å². The van der Waals surface area contributed by atoms with Gasteiger partial charge in [-0.25, -0.2) is 8.78 Å². The van der Waals surface area contributed by atoms with E-state index >= 15 is 0 Å². The number of nitrogens with zero attached hydrogens (tertiary/aromatic N) is 2. The van der Waals surface area contributed by atoms with Gasteiger partial charge in [0.05, 0.1) is 6.54 Å². The van der Waals surface area contributed by atoms with Gasteiger partial charge in [0.25, 0.3) is 0 Å². The molecule has 5 heteroatoms. The Labute approximate surface area is 104 Å². The molecule has 0 bridgehead atoms. The second kappa shape index (κ2) is 5.73. The summed E-state index contributed by atoms with van der Waals surface area (Å²) >= 11 is 0. The zero-order chi connectivity index (χ0) is 13.0. The van der Waals surface area contributed by atoms with E-state index < -0.39 is 11.6 Å². The van der Waals surface area contributed by atoms with E-state index in [0.29, 0.717) is 18.7 Å². The first-order valence-corrected chi connectivity index (χ1v) is 5.80. The Balaban J connectivity index is 1.87. The van der Waals surface area contributed by atoms with Crippen LogP contribution in [-0.2, 0) is 13.1 Å². The van der Waals surface area contributed by atoms with Crippen LogP contribution >= 0.6 is 0 Å². The van der Waals surface area contributed by atoms with Crippen LogP contribution in [0.25, 0.3) is 0 Å². The lowest BCUT2D eigenvalue weighted by Gasteiger charge is -2.14. The molecule has 0 aliphatic carbocycles. The molecule has 0 fully saturated rings. The molecule has 1 unspecified atom stereocenters. The van der Waals surface area contributed by atoms with Crippen molar-refractivity contribution in [3.8, 4) is 0 Å². The molecule has 0 aliphatic rings. The quantitative estimate of drug-likeness (QED) is 0.884. The van der Waals surface area contributed by atoms with Gasteiger partial charge in [0, 0.05) is 36.6 Å². The largest absolute Gasteiger partial charge is 0.308 e. The third kappa shape index (κ3) is 3.37. The van der Waals surface area contributed by atoms with Crippen molar-refractivity contribution in [1.82, 2.24) is 15.1 Å². The van der Waals surface area contributed by atoms with Gasteiger partial charge in [-0.1, -0.05) is 6.07 Å². The summed E-state index contributed by atoms with van der Waals surface area (Å²) in [6.07, 6.45) is 3.59. The summed E-state index contributed by atoms with van der Waals surface area (Å²) in [5.41, 5.74) is 0.462. The molecule has 1 aromatic heterocycles. The van der Waals surface area contributed by atoms with Gasteiger partial charge >= 0.3 is 0 Å². The summed E-state index contributed by atoms with van der Waals surface area (Å²) in [7, 11) is 0. The third-order valence-corrected chi connectivity index (χ3v) is 2.68. The minimum absolute atomic E-state index is 0.148. The van der Waals surface area contributed by atoms with E-state index in [1.807, 2.05) is 19.2 Å². The molecular formula is C13H15F2N3. The van der Waals surface area contributed by atoms with Crippen LogP contribution in [0.15, 0.2) is 36.7 Å². The van der Waals surface area contributed by atoms with E-state index in [1.165, 1.54) is 12.1 Å². The molecule has 18 heavy (non-hydrogen) atoms. The molecule has 0 radical (unpaired) electrons. The minimum atomic E-state index is -0.555. The zero-order valence-corrected chi connectivity index (χ0v) is 10.1. The predicted octanol–water partition coefficient (Wildman–Crippen LogP) is 2.34. The van der Waals surface area contributed by atoms with Gasteiger partial charge in [-0.15, -0.1) is 0 Å². The molecule has 96 valence electrons. The van der Waals surface area contributed by atoms with Gasteiger partial charge in [-0.2, -0.15) is 5.10 Å². The van der Waals surface area contributed by atoms with Crippen molar-refractivity contribution in [3.63, 3.8) is 0 Å². The van der Waals surface area contributed by atoms with Crippen LogP contribution in [0.5, 0.6) is 0 Å². The molecule has 1 heterocycles. The monoisotopic (exact) mass is 251 g/mol. The standard InChI is InChI=1S/C13H15F2N3/c1-10(9-18-6-2-5-17-18)16-8-11-3-4-12(14)7-13(11)15/h2-7,10,16H,8-9H2,1H3. The zero-order valence-electron chi connectivity index (χ0n) is 10.1. The maximum absolute atomic E-state index is 13.4. The van der Waals surface area contributed by atoms with E-state index in [0.717, 1.165) is 6.07 Å². The molecular weight excluding hydrogens is 236 g/mol. The van der Waals surface area contributed by atoms with Gasteiger partial charge in [0.1, 0.15) is 11.6 Å². The highest BCUT2D eigenvalue weighted by Crippen LogP contribution is 2.09. The number of benzene rings is 1. The van der Waals surface area contributed by atoms with Crippen molar-refractivity contribution >= 4 is 0 Å². The third-order valence-electron chi connectivity index (χ3n) is 2.68. The van der Waals surface area contributed by atoms with Gasteiger partial charge in [0.2, 0.25) is 0 Å². The van der Waals surface area contributed by atoms with Gasteiger partial charge in [-0.05, 0) is 19.1 Å². The highest BCUT2D eigenvalue weighted by molar-refractivity contribution is 5.18. The Kier molecular flexibility index (Phi) is 4.04. The fraction of sp³-hybridized carbons (Fsp3) is 0.308. The summed E-state index contributed by atoms with van der Waals surface area (Å²) in [6, 6.07) is 5.62. The molecule has 1 aromatic carbocycles. The second-order valence-electron chi connectivity index (χ2n) is 4.25. The lowest BCUT2D eigenvalue weighted by Crippen LogP contribution is -2.30. The van der Waals surface area contributed by atoms with Crippen LogP contribution in [-0.4, -0.2) is 15.8 Å². The molecule has 0 saturated heterocycles. The number of aromatic nitrogens is 2. The van der Waals surface area contributed by atoms with E-state index in [1.54, 1.807) is 10.9 Å². The Bertz CT molecular complexity index is 497. The number of nitrogens with one attached hydrogen (secondary N) is 1. The summed E-state index contributed by atoms with van der Waals surface area (Å²) in [6.45, 7) is 3.06. The Morgan fingerprint density at radius 2 is 2.22 bits per heavy atom. The average Bonchev–Trinajstić information content (AvgIpc) is 2.80. The van der Waals surface area contributed by atoms with Gasteiger partial charge in [-0.3, -0.25) is 4.68 Å². The smallest absolute Gasteiger partial charge is 0.130 e. The maximum Gasteiger partial charge on any atom is 0.130 e. The lowest BCUT2D eigenvalue weighted by atomic mass is 10.2. The summed E-state index contributed by atoms with van der Waals surface area (Å²) < 4.78 is 27.9. The number of hydrogen-bond donors (Lipinski definition) is 1. The highest BCUT2D eigenvalue weighted by atomic mass is 19.1. The first kappa shape index (κ1) is 12.7. The van der Waals surface area contributed by atoms with E-state index in [4.69, 9.17) is 0 Å². The van der Waals surface area contributed by atoms with Crippen LogP contribution in [0, 0.1) is 11.6 Å². The SMILES string of the molecule is CC(Cn1cccn1)NCc1ccc(F)cc1F. The number of rotatable bonds is 5. The Morgan fingerprint density at radius 3 is 2.89 bits per heavy atom. The summed E-state index contributed by atoms with van der Waals surface area (Å²) in [5.74, 6) is -1.07. The molecule has 0 saturated carbocycles. The molecule has 2 rings (SSSR count). The van der Waals surface area contributed by atoms with Crippen LogP contribution in [0.3, 0.4) is 0 Å². The summed E-state index contributed by atoms with van der Waals surface area (Å²) in [4.78, 5) is 0. The van der Waals surface area contributed by atoms with Crippen molar-refractivity contribution < 1.29 is 8.78 Å². The Morgan fingerprint density at radius 1 is 1.39 bits per heavy atom. The first-order valence-electron chi connectivity index (χ1n) is 5.80. The van der Waals surface area contributed by atoms with Crippen LogP contribution in [0.2, 0.25) is 0 Å². The average molecular weight is 251 g/mol. The topological polar surface area (TPSA) is 29.9 Å². The Hall–Kier alpha value is -1.75. The molecule has 1 atom stereocenters. The van der Waals surface area contributed by atoms with Crippen LogP contribution in [0.1, 0.15) is 12.5 Å². The number of halogens is 2. The maximum atomic E-state index is 13.4. The van der Waals surface area contributed by atoms with Gasteiger partial charge < -0.3 is 5.32 Å². The van der Waals surface area contributed by atoms with E-state index in [9.17, 15) is 8.78 Å². The molecule has 3 nitrogen and oxygen atoms in total. The first-order chi connectivity index (χ1) is 8.65. The van der Waals surface area contributed by atoms with Crippen molar-refractivity contribution in [3.05, 3.63) is 53.9 Å². The van der Waals surface area contributed by atoms with Crippen LogP contribution in [0.4, 0.5) is 8.78 Å². The number of hydrogen-bond acceptors (Lipinski definition) is 2. The van der Waals surface area contributed by atoms with Crippen molar-refractivity contribution in [2.45, 2.75) is 26.1 Å². The molecule has 0 aliphatic heterocycles. The minimum Gasteiger partial charge on any atom is -0.308 e. The highest BCUT2D eigenvalue weighted by Gasteiger charge is 2.06. The molecule has 2 aromatic rings. The second-order valence-corrected chi connectivity index (χ2v) is 4.25. The van der Waals surface area contributed by atoms with Crippen molar-refractivity contribution in [2.24, 2.45) is 0 Å². The normalized spacial score (nSPS) is 12.6. The molecule has 0 spiro atoms. The summed E-state index contributed by atoms with van der Waals surface area (Å²) in [5, 5.41) is 7.27. The lowest BCUT2D eigenvalue weighted by molar-refractivity contribution is 0.445. The van der Waals surface area contributed by atoms with Crippen LogP contribution < -0.4 is 5.32 Å². The van der Waals surface area contributed by atoms with Crippen molar-refractivity contribution in [1.29, 1.82) is 0 Å². The molecule has 1 N–H and O–H groups in total. The molecule has 0 amide bonds. The van der Waals surface area contributed by atoms with E-state index in [2.05, 4.69) is 10.4 Å². The van der Waals surface area contributed by atoms with Gasteiger partial charge in [0.15, 0.2) is 0 Å². The fourth-order valence-electron chi connectivity index (χ4n) is 1.70. The fourth-order valence-corrected chi connectivity index (χ4v) is 1.70. The predicted molar refractivity (Wildman–Crippen MR) is 64.9 cm³/mol. The van der Waals surface area contributed by atoms with Crippen molar-refractivity contribution in [2.75, 3.05) is 0 Å².